The Morgan fingerprint density at radius 1 is 1.40 bits per heavy atom. The van der Waals surface area contributed by atoms with Gasteiger partial charge in [0.2, 0.25) is 5.13 Å². The van der Waals surface area contributed by atoms with Gasteiger partial charge in [0, 0.05) is 12.6 Å². The highest BCUT2D eigenvalue weighted by atomic mass is 32.1. The van der Waals surface area contributed by atoms with Crippen LogP contribution in [0.2, 0.25) is 0 Å². The van der Waals surface area contributed by atoms with E-state index in [2.05, 4.69) is 34.5 Å². The minimum absolute atomic E-state index is 0.121. The Bertz CT molecular complexity index is 648. The van der Waals surface area contributed by atoms with Crippen LogP contribution in [0.4, 0.5) is 5.13 Å². The molecule has 0 aliphatic carbocycles. The second kappa shape index (κ2) is 6.13. The Hall–Kier alpha value is -1.76. The van der Waals surface area contributed by atoms with Crippen molar-refractivity contribution >= 4 is 16.5 Å². The molecule has 0 bridgehead atoms. The van der Waals surface area contributed by atoms with Crippen molar-refractivity contribution in [3.05, 3.63) is 22.1 Å². The summed E-state index contributed by atoms with van der Waals surface area (Å²) in [6.45, 7) is 8.50. The molecule has 0 saturated carbocycles. The van der Waals surface area contributed by atoms with Crippen LogP contribution in [-0.2, 0) is 6.54 Å². The molecule has 1 N–H and O–H groups in total. The first kappa shape index (κ1) is 14.6. The third kappa shape index (κ3) is 3.04. The van der Waals surface area contributed by atoms with Gasteiger partial charge in [0.25, 0.3) is 5.56 Å². The molecule has 0 aromatic carbocycles. The summed E-state index contributed by atoms with van der Waals surface area (Å²) in [6.07, 6.45) is 1.01. The fourth-order valence-electron chi connectivity index (χ4n) is 1.75. The molecule has 0 amide bonds. The maximum absolute atomic E-state index is 12.3. The quantitative estimate of drug-likeness (QED) is 0.915. The highest BCUT2D eigenvalue weighted by Gasteiger charge is 2.14. The molecule has 2 aromatic rings. The molecular weight excluding hydrogens is 274 g/mol. The summed E-state index contributed by atoms with van der Waals surface area (Å²) in [5.74, 6) is 0. The van der Waals surface area contributed by atoms with E-state index in [0.717, 1.165) is 17.2 Å². The molecule has 2 heterocycles. The van der Waals surface area contributed by atoms with E-state index in [1.165, 1.54) is 16.0 Å². The van der Waals surface area contributed by atoms with Gasteiger partial charge in [0.15, 0.2) is 5.01 Å². The van der Waals surface area contributed by atoms with Crippen LogP contribution in [0.5, 0.6) is 0 Å². The normalized spacial score (nSPS) is 12.4. The molecule has 0 saturated heterocycles. The molecule has 20 heavy (non-hydrogen) atoms. The lowest BCUT2D eigenvalue weighted by Gasteiger charge is -2.07. The van der Waals surface area contributed by atoms with Crippen molar-refractivity contribution in [2.75, 3.05) is 5.32 Å². The number of nitrogens with zero attached hydrogens (tertiary/aromatic N) is 4. The Morgan fingerprint density at radius 2 is 2.15 bits per heavy atom. The van der Waals surface area contributed by atoms with Gasteiger partial charge in [-0.25, -0.2) is 4.68 Å². The average Bonchev–Trinajstić information content (AvgIpc) is 2.89. The summed E-state index contributed by atoms with van der Waals surface area (Å²) in [6, 6.07) is 2.10. The molecule has 108 valence electrons. The number of nitrogens with one attached hydrogen (secondary N) is 1. The standard InChI is InChI=1S/C13H19N5OS/c1-5-8(3)14-13-16-15-11(20-13)10-7-9(4)17-18(6-2)12(10)19/h7-8H,5-6H2,1-4H3,(H,14,16). The second-order valence-electron chi connectivity index (χ2n) is 4.69. The Balaban J connectivity index is 2.37. The van der Waals surface area contributed by atoms with Crippen LogP contribution >= 0.6 is 11.3 Å². The summed E-state index contributed by atoms with van der Waals surface area (Å²) in [5.41, 5.74) is 1.24. The summed E-state index contributed by atoms with van der Waals surface area (Å²) in [4.78, 5) is 12.3. The van der Waals surface area contributed by atoms with Crippen LogP contribution < -0.4 is 10.9 Å². The van der Waals surface area contributed by atoms with E-state index in [1.807, 2.05) is 13.8 Å². The van der Waals surface area contributed by atoms with Crippen molar-refractivity contribution in [3.8, 4) is 10.6 Å². The molecule has 1 unspecified atom stereocenters. The van der Waals surface area contributed by atoms with Gasteiger partial charge in [-0.3, -0.25) is 4.79 Å². The highest BCUT2D eigenvalue weighted by Crippen LogP contribution is 2.24. The Labute approximate surface area is 121 Å². The van der Waals surface area contributed by atoms with E-state index in [1.54, 1.807) is 6.07 Å². The van der Waals surface area contributed by atoms with E-state index in [0.29, 0.717) is 23.2 Å². The molecule has 6 nitrogen and oxygen atoms in total. The smallest absolute Gasteiger partial charge is 0.277 e. The zero-order valence-corrected chi connectivity index (χ0v) is 13.0. The van der Waals surface area contributed by atoms with Gasteiger partial charge in [0.05, 0.1) is 11.3 Å². The first-order chi connectivity index (χ1) is 9.55. The van der Waals surface area contributed by atoms with Crippen LogP contribution in [0.15, 0.2) is 10.9 Å². The first-order valence-corrected chi connectivity index (χ1v) is 7.56. The highest BCUT2D eigenvalue weighted by molar-refractivity contribution is 7.18. The molecule has 0 fully saturated rings. The largest absolute Gasteiger partial charge is 0.358 e. The van der Waals surface area contributed by atoms with Gasteiger partial charge in [-0.05, 0) is 33.3 Å². The van der Waals surface area contributed by atoms with Crippen LogP contribution in [0.1, 0.15) is 32.9 Å². The molecule has 2 aromatic heterocycles. The van der Waals surface area contributed by atoms with E-state index in [-0.39, 0.29) is 5.56 Å². The van der Waals surface area contributed by atoms with Crippen molar-refractivity contribution < 1.29 is 0 Å². The molecule has 0 spiro atoms. The van der Waals surface area contributed by atoms with Crippen molar-refractivity contribution in [1.29, 1.82) is 0 Å². The number of aryl methyl sites for hydroxylation is 2. The van der Waals surface area contributed by atoms with Crippen LogP contribution in [-0.4, -0.2) is 26.0 Å². The fourth-order valence-corrected chi connectivity index (χ4v) is 2.61. The first-order valence-electron chi connectivity index (χ1n) is 6.74. The number of hydrogen-bond acceptors (Lipinski definition) is 6. The lowest BCUT2D eigenvalue weighted by atomic mass is 10.3. The predicted octanol–water partition coefficient (Wildman–Crippen LogP) is 2.30. The summed E-state index contributed by atoms with van der Waals surface area (Å²) in [7, 11) is 0. The second-order valence-corrected chi connectivity index (χ2v) is 5.66. The molecule has 1 atom stereocenters. The van der Waals surface area contributed by atoms with Gasteiger partial charge < -0.3 is 5.32 Å². The molecule has 2 rings (SSSR count). The van der Waals surface area contributed by atoms with Gasteiger partial charge in [-0.1, -0.05) is 18.3 Å². The molecule has 0 aliphatic heterocycles. The van der Waals surface area contributed by atoms with Gasteiger partial charge in [-0.15, -0.1) is 10.2 Å². The van der Waals surface area contributed by atoms with Gasteiger partial charge >= 0.3 is 0 Å². The maximum atomic E-state index is 12.3. The van der Waals surface area contributed by atoms with Gasteiger partial charge in [-0.2, -0.15) is 5.10 Å². The van der Waals surface area contributed by atoms with E-state index in [4.69, 9.17) is 0 Å². The zero-order valence-electron chi connectivity index (χ0n) is 12.2. The Morgan fingerprint density at radius 3 is 2.80 bits per heavy atom. The monoisotopic (exact) mass is 293 g/mol. The molecule has 7 heteroatoms. The number of aromatic nitrogens is 4. The molecule has 0 radical (unpaired) electrons. The van der Waals surface area contributed by atoms with Crippen molar-refractivity contribution in [2.45, 2.75) is 46.7 Å². The van der Waals surface area contributed by atoms with E-state index < -0.39 is 0 Å². The topological polar surface area (TPSA) is 72.7 Å². The van der Waals surface area contributed by atoms with Crippen molar-refractivity contribution in [1.82, 2.24) is 20.0 Å². The summed E-state index contributed by atoms with van der Waals surface area (Å²) in [5, 5.41) is 17.0. The fraction of sp³-hybridized carbons (Fsp3) is 0.538. The van der Waals surface area contributed by atoms with Gasteiger partial charge in [0.1, 0.15) is 0 Å². The summed E-state index contributed by atoms with van der Waals surface area (Å²) >= 11 is 1.40. The average molecular weight is 293 g/mol. The number of hydrogen-bond donors (Lipinski definition) is 1. The lowest BCUT2D eigenvalue weighted by Crippen LogP contribution is -2.24. The zero-order chi connectivity index (χ0) is 14.7. The summed E-state index contributed by atoms with van der Waals surface area (Å²) < 4.78 is 1.45. The van der Waals surface area contributed by atoms with Crippen molar-refractivity contribution in [2.24, 2.45) is 0 Å². The molecular formula is C13H19N5OS. The van der Waals surface area contributed by atoms with Crippen molar-refractivity contribution in [3.63, 3.8) is 0 Å². The lowest BCUT2D eigenvalue weighted by molar-refractivity contribution is 0.607. The molecule has 0 aliphatic rings. The minimum atomic E-state index is -0.121. The van der Waals surface area contributed by atoms with Crippen LogP contribution in [0.25, 0.3) is 10.6 Å². The van der Waals surface area contributed by atoms with Crippen LogP contribution in [0, 0.1) is 6.92 Å². The predicted molar refractivity (Wildman–Crippen MR) is 81.2 cm³/mol. The number of rotatable bonds is 5. The maximum Gasteiger partial charge on any atom is 0.277 e. The third-order valence-corrected chi connectivity index (χ3v) is 3.92. The Kier molecular flexibility index (Phi) is 4.49. The minimum Gasteiger partial charge on any atom is -0.358 e. The van der Waals surface area contributed by atoms with Crippen LogP contribution in [0.3, 0.4) is 0 Å². The van der Waals surface area contributed by atoms with E-state index >= 15 is 0 Å². The van der Waals surface area contributed by atoms with E-state index in [9.17, 15) is 4.79 Å². The SMILES string of the molecule is CCC(C)Nc1nnc(-c2cc(C)nn(CC)c2=O)s1. The third-order valence-electron chi connectivity index (χ3n) is 3.03. The number of anilines is 1.